The van der Waals surface area contributed by atoms with Crippen molar-refractivity contribution in [1.82, 2.24) is 0 Å². The van der Waals surface area contributed by atoms with E-state index in [2.05, 4.69) is 6.92 Å². The Bertz CT molecular complexity index is 960. The van der Waals surface area contributed by atoms with Crippen molar-refractivity contribution in [2.75, 3.05) is 11.5 Å². The summed E-state index contributed by atoms with van der Waals surface area (Å²) in [6.45, 7) is 6.44. The van der Waals surface area contributed by atoms with Crippen LogP contribution in [0.4, 0.5) is 10.5 Å². The van der Waals surface area contributed by atoms with Gasteiger partial charge in [-0.25, -0.2) is 4.90 Å². The van der Waals surface area contributed by atoms with Gasteiger partial charge in [-0.1, -0.05) is 30.7 Å². The molecule has 1 heterocycles. The van der Waals surface area contributed by atoms with Gasteiger partial charge in [0.15, 0.2) is 11.5 Å². The van der Waals surface area contributed by atoms with Gasteiger partial charge in [0.2, 0.25) is 0 Å². The Morgan fingerprint density at radius 2 is 1.93 bits per heavy atom. The number of halogens is 1. The van der Waals surface area contributed by atoms with E-state index in [0.717, 1.165) is 28.6 Å². The minimum atomic E-state index is -0.375. The quantitative estimate of drug-likeness (QED) is 0.491. The zero-order valence-corrected chi connectivity index (χ0v) is 18.0. The highest BCUT2D eigenvalue weighted by Crippen LogP contribution is 2.37. The molecule has 152 valence electrons. The van der Waals surface area contributed by atoms with Gasteiger partial charge in [-0.05, 0) is 74.0 Å². The maximum absolute atomic E-state index is 12.8. The van der Waals surface area contributed by atoms with Crippen LogP contribution in [0.15, 0.2) is 47.4 Å². The second kappa shape index (κ2) is 9.37. The van der Waals surface area contributed by atoms with Crippen molar-refractivity contribution in [2.24, 2.45) is 0 Å². The number of rotatable bonds is 7. The lowest BCUT2D eigenvalue weighted by atomic mass is 10.1. The third kappa shape index (κ3) is 4.95. The van der Waals surface area contributed by atoms with E-state index in [1.807, 2.05) is 32.0 Å². The highest BCUT2D eigenvalue weighted by molar-refractivity contribution is 8.19. The summed E-state index contributed by atoms with van der Waals surface area (Å²) in [5.74, 6) is 0.890. The van der Waals surface area contributed by atoms with Crippen LogP contribution in [0.2, 0.25) is 5.02 Å². The third-order valence-electron chi connectivity index (χ3n) is 4.33. The molecule has 0 saturated carbocycles. The molecule has 29 heavy (non-hydrogen) atoms. The molecule has 1 saturated heterocycles. The number of benzene rings is 2. The van der Waals surface area contributed by atoms with E-state index >= 15 is 0 Å². The smallest absolute Gasteiger partial charge is 0.298 e. The van der Waals surface area contributed by atoms with Gasteiger partial charge in [-0.2, -0.15) is 0 Å². The molecule has 0 aliphatic carbocycles. The van der Waals surface area contributed by atoms with E-state index < -0.39 is 0 Å². The lowest BCUT2D eigenvalue weighted by Gasteiger charge is -2.16. The Morgan fingerprint density at radius 3 is 2.62 bits per heavy atom. The maximum atomic E-state index is 12.8. The van der Waals surface area contributed by atoms with Gasteiger partial charge in [-0.3, -0.25) is 9.59 Å². The first-order valence-corrected chi connectivity index (χ1v) is 10.6. The van der Waals surface area contributed by atoms with Crippen LogP contribution >= 0.6 is 23.4 Å². The monoisotopic (exact) mass is 431 g/mol. The highest BCUT2D eigenvalue weighted by Gasteiger charge is 2.36. The van der Waals surface area contributed by atoms with Crippen molar-refractivity contribution in [1.29, 1.82) is 0 Å². The molecule has 2 aromatic rings. The molecule has 1 aliphatic heterocycles. The molecule has 1 fully saturated rings. The normalized spacial score (nSPS) is 16.4. The van der Waals surface area contributed by atoms with Gasteiger partial charge in [0, 0.05) is 5.02 Å². The van der Waals surface area contributed by atoms with Crippen molar-refractivity contribution < 1.29 is 19.1 Å². The van der Waals surface area contributed by atoms with Crippen LogP contribution in [-0.2, 0) is 4.79 Å². The van der Waals surface area contributed by atoms with Crippen molar-refractivity contribution in [3.8, 4) is 11.5 Å². The Kier molecular flexibility index (Phi) is 6.87. The molecule has 0 spiro atoms. The first-order chi connectivity index (χ1) is 13.9. The lowest BCUT2D eigenvalue weighted by molar-refractivity contribution is -0.113. The summed E-state index contributed by atoms with van der Waals surface area (Å²) >= 11 is 6.90. The SMILES string of the molecule is CCOc1cc(/C=C2\SC(=O)N(c3cccc(Cl)c3)C2=O)ccc1O[C@H](C)CC. The van der Waals surface area contributed by atoms with Crippen LogP contribution in [0.25, 0.3) is 6.08 Å². The predicted octanol–water partition coefficient (Wildman–Crippen LogP) is 6.16. The Morgan fingerprint density at radius 1 is 1.14 bits per heavy atom. The standard InChI is InChI=1S/C22H22ClNO4S/c1-4-14(3)28-18-10-9-15(11-19(18)27-5-2)12-20-21(25)24(22(26)29-20)17-8-6-7-16(23)13-17/h6-14H,4-5H2,1-3H3/b20-12-/t14-/m1/s1. The van der Waals surface area contributed by atoms with Gasteiger partial charge >= 0.3 is 0 Å². The number of amides is 2. The van der Waals surface area contributed by atoms with Crippen molar-refractivity contribution in [3.05, 3.63) is 58.0 Å². The van der Waals surface area contributed by atoms with Crippen LogP contribution in [-0.4, -0.2) is 23.9 Å². The molecule has 7 heteroatoms. The van der Waals surface area contributed by atoms with E-state index in [1.54, 1.807) is 30.3 Å². The Balaban J connectivity index is 1.88. The minimum absolute atomic E-state index is 0.0641. The molecule has 0 bridgehead atoms. The summed E-state index contributed by atoms with van der Waals surface area (Å²) in [4.78, 5) is 26.7. The topological polar surface area (TPSA) is 55.8 Å². The van der Waals surface area contributed by atoms with Gasteiger partial charge < -0.3 is 9.47 Å². The molecule has 2 aromatic carbocycles. The number of hydrogen-bond donors (Lipinski definition) is 0. The van der Waals surface area contributed by atoms with Gasteiger partial charge in [0.05, 0.1) is 23.3 Å². The summed E-state index contributed by atoms with van der Waals surface area (Å²) in [7, 11) is 0. The molecule has 0 aromatic heterocycles. The molecule has 0 unspecified atom stereocenters. The van der Waals surface area contributed by atoms with E-state index in [9.17, 15) is 9.59 Å². The second-order valence-electron chi connectivity index (χ2n) is 6.47. The summed E-state index contributed by atoms with van der Waals surface area (Å²) in [5.41, 5.74) is 1.21. The number of anilines is 1. The zero-order chi connectivity index (χ0) is 21.0. The summed E-state index contributed by atoms with van der Waals surface area (Å²) in [6.07, 6.45) is 2.63. The molecule has 5 nitrogen and oxygen atoms in total. The molecule has 0 radical (unpaired) electrons. The fourth-order valence-corrected chi connectivity index (χ4v) is 3.76. The molecular weight excluding hydrogens is 410 g/mol. The molecule has 0 N–H and O–H groups in total. The van der Waals surface area contributed by atoms with Crippen LogP contribution in [0.5, 0.6) is 11.5 Å². The van der Waals surface area contributed by atoms with Crippen molar-refractivity contribution in [3.63, 3.8) is 0 Å². The third-order valence-corrected chi connectivity index (χ3v) is 5.43. The van der Waals surface area contributed by atoms with Crippen LogP contribution in [0, 0.1) is 0 Å². The molecular formula is C22H22ClNO4S. The number of carbonyl (C=O) groups excluding carboxylic acids is 2. The summed E-state index contributed by atoms with van der Waals surface area (Å²) in [6, 6.07) is 12.1. The number of thioether (sulfide) groups is 1. The van der Waals surface area contributed by atoms with Gasteiger partial charge in [0.1, 0.15) is 0 Å². The molecule has 2 amide bonds. The van der Waals surface area contributed by atoms with Crippen molar-refractivity contribution in [2.45, 2.75) is 33.3 Å². The van der Waals surface area contributed by atoms with E-state index in [1.165, 1.54) is 0 Å². The number of nitrogens with zero attached hydrogens (tertiary/aromatic N) is 1. The highest BCUT2D eigenvalue weighted by atomic mass is 35.5. The lowest BCUT2D eigenvalue weighted by Crippen LogP contribution is -2.27. The first kappa shape index (κ1) is 21.3. The van der Waals surface area contributed by atoms with Gasteiger partial charge in [0.25, 0.3) is 11.1 Å². The number of hydrogen-bond acceptors (Lipinski definition) is 5. The van der Waals surface area contributed by atoms with E-state index in [4.69, 9.17) is 21.1 Å². The largest absolute Gasteiger partial charge is 0.490 e. The molecule has 3 rings (SSSR count). The van der Waals surface area contributed by atoms with Gasteiger partial charge in [-0.15, -0.1) is 0 Å². The fraction of sp³-hybridized carbons (Fsp3) is 0.273. The summed E-state index contributed by atoms with van der Waals surface area (Å²) < 4.78 is 11.6. The van der Waals surface area contributed by atoms with Crippen LogP contribution in [0.3, 0.4) is 0 Å². The van der Waals surface area contributed by atoms with Crippen LogP contribution in [0.1, 0.15) is 32.8 Å². The minimum Gasteiger partial charge on any atom is -0.490 e. The fourth-order valence-electron chi connectivity index (χ4n) is 2.74. The average molecular weight is 432 g/mol. The first-order valence-electron chi connectivity index (χ1n) is 9.40. The second-order valence-corrected chi connectivity index (χ2v) is 7.90. The maximum Gasteiger partial charge on any atom is 0.298 e. The molecule has 1 atom stereocenters. The average Bonchev–Trinajstić information content (AvgIpc) is 2.97. The van der Waals surface area contributed by atoms with Crippen LogP contribution < -0.4 is 14.4 Å². The Labute approximate surface area is 179 Å². The number of imide groups is 1. The van der Waals surface area contributed by atoms with Crippen molar-refractivity contribution >= 4 is 46.3 Å². The number of carbonyl (C=O) groups is 2. The molecule has 1 aliphatic rings. The number of ether oxygens (including phenoxy) is 2. The van der Waals surface area contributed by atoms with E-state index in [0.29, 0.717) is 33.7 Å². The zero-order valence-electron chi connectivity index (χ0n) is 16.5. The predicted molar refractivity (Wildman–Crippen MR) is 118 cm³/mol. The Hall–Kier alpha value is -2.44. The summed E-state index contributed by atoms with van der Waals surface area (Å²) in [5, 5.41) is 0.106. The van der Waals surface area contributed by atoms with E-state index in [-0.39, 0.29) is 17.3 Å².